The fourth-order valence-electron chi connectivity index (χ4n) is 3.17. The molecule has 1 aromatic carbocycles. The number of ketones is 1. The lowest BCUT2D eigenvalue weighted by molar-refractivity contribution is 0.0911. The number of Topliss-reactive ketones (excluding diaryl/α,β-unsaturated/α-hetero) is 1. The van der Waals surface area contributed by atoms with E-state index in [0.717, 1.165) is 40.3 Å². The standard InChI is InChI=1S/C15H17BrO2/c1-8-3-14(18-2)12(7-13(8)16)15(17)11-5-9-4-10(9)6-11/h3,7,9-11H,4-6H2,1-2H3. The van der Waals surface area contributed by atoms with Gasteiger partial charge in [0.05, 0.1) is 12.7 Å². The van der Waals surface area contributed by atoms with Gasteiger partial charge in [0.15, 0.2) is 5.78 Å². The van der Waals surface area contributed by atoms with Crippen molar-refractivity contribution >= 4 is 21.7 Å². The highest BCUT2D eigenvalue weighted by molar-refractivity contribution is 9.10. The second-order valence-corrected chi connectivity index (χ2v) is 6.44. The topological polar surface area (TPSA) is 26.3 Å². The number of benzene rings is 1. The van der Waals surface area contributed by atoms with Crippen LogP contribution in [0, 0.1) is 24.7 Å². The van der Waals surface area contributed by atoms with Crippen LogP contribution < -0.4 is 4.74 Å². The van der Waals surface area contributed by atoms with Gasteiger partial charge in [0.2, 0.25) is 0 Å². The van der Waals surface area contributed by atoms with Gasteiger partial charge < -0.3 is 4.74 Å². The molecule has 0 amide bonds. The highest BCUT2D eigenvalue weighted by Gasteiger charge is 2.48. The van der Waals surface area contributed by atoms with Gasteiger partial charge in [0.1, 0.15) is 5.75 Å². The van der Waals surface area contributed by atoms with Crippen molar-refractivity contribution in [3.05, 3.63) is 27.7 Å². The fourth-order valence-corrected chi connectivity index (χ4v) is 3.51. The Balaban J connectivity index is 1.90. The summed E-state index contributed by atoms with van der Waals surface area (Å²) in [5, 5.41) is 0. The molecule has 2 aliphatic rings. The van der Waals surface area contributed by atoms with E-state index >= 15 is 0 Å². The molecule has 2 nitrogen and oxygen atoms in total. The second-order valence-electron chi connectivity index (χ2n) is 5.59. The molecule has 1 aromatic rings. The molecule has 0 N–H and O–H groups in total. The van der Waals surface area contributed by atoms with Crippen molar-refractivity contribution in [1.82, 2.24) is 0 Å². The van der Waals surface area contributed by atoms with E-state index in [0.29, 0.717) is 5.75 Å². The third-order valence-electron chi connectivity index (χ3n) is 4.36. The zero-order chi connectivity index (χ0) is 12.9. The van der Waals surface area contributed by atoms with E-state index in [4.69, 9.17) is 4.74 Å². The summed E-state index contributed by atoms with van der Waals surface area (Å²) >= 11 is 3.50. The summed E-state index contributed by atoms with van der Waals surface area (Å²) in [6.07, 6.45) is 3.51. The van der Waals surface area contributed by atoms with Crippen molar-refractivity contribution in [3.63, 3.8) is 0 Å². The van der Waals surface area contributed by atoms with E-state index < -0.39 is 0 Å². The SMILES string of the molecule is COc1cc(C)c(Br)cc1C(=O)C1CC2CC2C1. The number of halogens is 1. The third-order valence-corrected chi connectivity index (χ3v) is 5.21. The lowest BCUT2D eigenvalue weighted by Crippen LogP contribution is -2.14. The maximum atomic E-state index is 12.6. The van der Waals surface area contributed by atoms with E-state index in [-0.39, 0.29) is 11.7 Å². The number of ether oxygens (including phenoxy) is 1. The monoisotopic (exact) mass is 308 g/mol. The molecular formula is C15H17BrO2. The molecule has 0 heterocycles. The van der Waals surface area contributed by atoms with Gasteiger partial charge in [-0.05, 0) is 55.7 Å². The minimum atomic E-state index is 0.220. The first kappa shape index (κ1) is 12.2. The maximum Gasteiger partial charge on any atom is 0.169 e. The third kappa shape index (κ3) is 1.99. The quantitative estimate of drug-likeness (QED) is 0.789. The van der Waals surface area contributed by atoms with E-state index in [9.17, 15) is 4.79 Å². The van der Waals surface area contributed by atoms with Crippen LogP contribution in [0.25, 0.3) is 0 Å². The van der Waals surface area contributed by atoms with Crippen molar-refractivity contribution in [1.29, 1.82) is 0 Å². The van der Waals surface area contributed by atoms with Gasteiger partial charge >= 0.3 is 0 Å². The van der Waals surface area contributed by atoms with Crippen LogP contribution in [-0.2, 0) is 0 Å². The molecule has 0 spiro atoms. The average molecular weight is 309 g/mol. The molecule has 0 aromatic heterocycles. The van der Waals surface area contributed by atoms with Crippen LogP contribution in [0.2, 0.25) is 0 Å². The van der Waals surface area contributed by atoms with Gasteiger partial charge in [-0.2, -0.15) is 0 Å². The molecule has 0 bridgehead atoms. The molecule has 0 aliphatic heterocycles. The molecule has 2 unspecified atom stereocenters. The fraction of sp³-hybridized carbons (Fsp3) is 0.533. The Hall–Kier alpha value is -0.830. The van der Waals surface area contributed by atoms with Crippen LogP contribution in [0.5, 0.6) is 5.75 Å². The normalized spacial score (nSPS) is 28.9. The summed E-state index contributed by atoms with van der Waals surface area (Å²) in [7, 11) is 1.63. The molecule has 3 rings (SSSR count). The number of carbonyl (C=O) groups is 1. The van der Waals surface area contributed by atoms with Crippen LogP contribution in [-0.4, -0.2) is 12.9 Å². The summed E-state index contributed by atoms with van der Waals surface area (Å²) in [5.74, 6) is 2.86. The van der Waals surface area contributed by atoms with Crippen LogP contribution in [0.3, 0.4) is 0 Å². The van der Waals surface area contributed by atoms with Crippen molar-refractivity contribution in [2.24, 2.45) is 17.8 Å². The average Bonchev–Trinajstić information content (AvgIpc) is 2.98. The Labute approximate surface area is 116 Å². The number of hydrogen-bond donors (Lipinski definition) is 0. The van der Waals surface area contributed by atoms with Crippen LogP contribution in [0.1, 0.15) is 35.2 Å². The summed E-state index contributed by atoms with van der Waals surface area (Å²) < 4.78 is 6.34. The molecule has 2 saturated carbocycles. The van der Waals surface area contributed by atoms with Gasteiger partial charge in [-0.3, -0.25) is 4.79 Å². The predicted molar refractivity (Wildman–Crippen MR) is 74.1 cm³/mol. The van der Waals surface area contributed by atoms with Gasteiger partial charge in [-0.1, -0.05) is 15.9 Å². The molecule has 2 fully saturated rings. The highest BCUT2D eigenvalue weighted by Crippen LogP contribution is 2.55. The van der Waals surface area contributed by atoms with E-state index in [1.807, 2.05) is 19.1 Å². The molecule has 3 heteroatoms. The number of rotatable bonds is 3. The molecule has 96 valence electrons. The Kier molecular flexibility index (Phi) is 2.97. The van der Waals surface area contributed by atoms with Crippen molar-refractivity contribution < 1.29 is 9.53 Å². The molecule has 0 saturated heterocycles. The molecule has 2 aliphatic carbocycles. The minimum absolute atomic E-state index is 0.220. The number of aryl methyl sites for hydroxylation is 1. The Morgan fingerprint density at radius 1 is 1.28 bits per heavy atom. The first-order chi connectivity index (χ1) is 8.60. The zero-order valence-corrected chi connectivity index (χ0v) is 12.3. The van der Waals surface area contributed by atoms with E-state index in [2.05, 4.69) is 15.9 Å². The Morgan fingerprint density at radius 2 is 1.94 bits per heavy atom. The van der Waals surface area contributed by atoms with Gasteiger partial charge in [-0.25, -0.2) is 0 Å². The number of fused-ring (bicyclic) bond motifs is 1. The molecule has 0 radical (unpaired) electrons. The highest BCUT2D eigenvalue weighted by atomic mass is 79.9. The summed E-state index contributed by atoms with van der Waals surface area (Å²) in [6, 6.07) is 3.85. The number of carbonyl (C=O) groups excluding carboxylic acids is 1. The molecule has 2 atom stereocenters. The summed E-state index contributed by atoms with van der Waals surface area (Å²) in [4.78, 5) is 12.6. The first-order valence-electron chi connectivity index (χ1n) is 6.48. The second kappa shape index (κ2) is 4.37. The van der Waals surface area contributed by atoms with E-state index in [1.54, 1.807) is 7.11 Å². The zero-order valence-electron chi connectivity index (χ0n) is 10.7. The van der Waals surface area contributed by atoms with Gasteiger partial charge in [0.25, 0.3) is 0 Å². The minimum Gasteiger partial charge on any atom is -0.496 e. The number of hydrogen-bond acceptors (Lipinski definition) is 2. The summed E-state index contributed by atoms with van der Waals surface area (Å²) in [6.45, 7) is 2.01. The molecule has 18 heavy (non-hydrogen) atoms. The summed E-state index contributed by atoms with van der Waals surface area (Å²) in [5.41, 5.74) is 1.83. The lowest BCUT2D eigenvalue weighted by atomic mass is 9.92. The van der Waals surface area contributed by atoms with Crippen LogP contribution in [0.15, 0.2) is 16.6 Å². The smallest absolute Gasteiger partial charge is 0.169 e. The Morgan fingerprint density at radius 3 is 2.56 bits per heavy atom. The maximum absolute atomic E-state index is 12.6. The molecular weight excluding hydrogens is 292 g/mol. The number of methoxy groups -OCH3 is 1. The largest absolute Gasteiger partial charge is 0.496 e. The van der Waals surface area contributed by atoms with Gasteiger partial charge in [-0.15, -0.1) is 0 Å². The Bertz CT molecular complexity index is 499. The van der Waals surface area contributed by atoms with Gasteiger partial charge in [0, 0.05) is 10.4 Å². The van der Waals surface area contributed by atoms with Crippen molar-refractivity contribution in [3.8, 4) is 5.75 Å². The first-order valence-corrected chi connectivity index (χ1v) is 7.27. The lowest BCUT2D eigenvalue weighted by Gasteiger charge is -2.15. The van der Waals surface area contributed by atoms with Crippen molar-refractivity contribution in [2.75, 3.05) is 7.11 Å². The van der Waals surface area contributed by atoms with Crippen molar-refractivity contribution in [2.45, 2.75) is 26.2 Å². The van der Waals surface area contributed by atoms with Crippen LogP contribution in [0.4, 0.5) is 0 Å². The predicted octanol–water partition coefficient (Wildman–Crippen LogP) is 3.99. The van der Waals surface area contributed by atoms with Crippen LogP contribution >= 0.6 is 15.9 Å². The van der Waals surface area contributed by atoms with E-state index in [1.165, 1.54) is 6.42 Å².